The minimum atomic E-state index is -3.52. The van der Waals surface area contributed by atoms with E-state index in [2.05, 4.69) is 0 Å². The molecule has 1 aromatic carbocycles. The minimum absolute atomic E-state index is 0.0804. The first-order chi connectivity index (χ1) is 9.85. The SMILES string of the molecule is CC1(C)CN(S(=O)(=O)c2ccc(OCCO)cc2)CCO1. The Kier molecular flexibility index (Phi) is 4.88. The average Bonchev–Trinajstić information content (AvgIpc) is 2.44. The summed E-state index contributed by atoms with van der Waals surface area (Å²) in [5.41, 5.74) is -0.477. The molecule has 0 bridgehead atoms. The number of sulfonamides is 1. The summed E-state index contributed by atoms with van der Waals surface area (Å²) < 4.78 is 37.4. The van der Waals surface area contributed by atoms with Gasteiger partial charge < -0.3 is 14.6 Å². The van der Waals surface area contributed by atoms with E-state index in [9.17, 15) is 8.42 Å². The maximum absolute atomic E-state index is 12.6. The number of ether oxygens (including phenoxy) is 2. The van der Waals surface area contributed by atoms with Crippen LogP contribution in [0.15, 0.2) is 29.2 Å². The summed E-state index contributed by atoms with van der Waals surface area (Å²) in [7, 11) is -3.52. The smallest absolute Gasteiger partial charge is 0.243 e. The molecule has 1 N–H and O–H groups in total. The van der Waals surface area contributed by atoms with E-state index in [0.717, 1.165) is 0 Å². The first kappa shape index (κ1) is 16.2. The van der Waals surface area contributed by atoms with Gasteiger partial charge in [0.25, 0.3) is 0 Å². The topological polar surface area (TPSA) is 76.1 Å². The predicted octanol–water partition coefficient (Wildman–Crippen LogP) is 0.857. The lowest BCUT2D eigenvalue weighted by Gasteiger charge is -2.37. The number of rotatable bonds is 5. The number of morpholine rings is 1. The number of benzene rings is 1. The second-order valence-electron chi connectivity index (χ2n) is 5.49. The van der Waals surface area contributed by atoms with Crippen LogP contribution in [0.5, 0.6) is 5.75 Å². The van der Waals surface area contributed by atoms with Gasteiger partial charge in [-0.05, 0) is 38.1 Å². The van der Waals surface area contributed by atoms with Crippen LogP contribution >= 0.6 is 0 Å². The monoisotopic (exact) mass is 315 g/mol. The van der Waals surface area contributed by atoms with Crippen molar-refractivity contribution < 1.29 is 23.0 Å². The van der Waals surface area contributed by atoms with Gasteiger partial charge >= 0.3 is 0 Å². The number of aliphatic hydroxyl groups excluding tert-OH is 1. The maximum Gasteiger partial charge on any atom is 0.243 e. The van der Waals surface area contributed by atoms with Gasteiger partial charge in [-0.1, -0.05) is 0 Å². The van der Waals surface area contributed by atoms with Gasteiger partial charge in [-0.25, -0.2) is 8.42 Å². The fraction of sp³-hybridized carbons (Fsp3) is 0.571. The highest BCUT2D eigenvalue weighted by Gasteiger charge is 2.34. The summed E-state index contributed by atoms with van der Waals surface area (Å²) in [6.07, 6.45) is 0. The molecule has 1 saturated heterocycles. The molecule has 21 heavy (non-hydrogen) atoms. The highest BCUT2D eigenvalue weighted by Crippen LogP contribution is 2.24. The highest BCUT2D eigenvalue weighted by atomic mass is 32.2. The quantitative estimate of drug-likeness (QED) is 0.872. The Balaban J connectivity index is 2.15. The summed E-state index contributed by atoms with van der Waals surface area (Å²) in [4.78, 5) is 0.233. The molecule has 7 heteroatoms. The molecule has 1 heterocycles. The summed E-state index contributed by atoms with van der Waals surface area (Å²) >= 11 is 0. The number of nitrogens with zero attached hydrogens (tertiary/aromatic N) is 1. The Hall–Kier alpha value is -1.15. The molecule has 0 aliphatic carbocycles. The fourth-order valence-electron chi connectivity index (χ4n) is 2.20. The molecule has 0 spiro atoms. The van der Waals surface area contributed by atoms with E-state index in [0.29, 0.717) is 25.4 Å². The maximum atomic E-state index is 12.6. The zero-order valence-corrected chi connectivity index (χ0v) is 13.1. The molecule has 0 atom stereocenters. The van der Waals surface area contributed by atoms with Gasteiger partial charge in [0.05, 0.1) is 23.7 Å². The third kappa shape index (κ3) is 3.94. The highest BCUT2D eigenvalue weighted by molar-refractivity contribution is 7.89. The van der Waals surface area contributed by atoms with Crippen LogP contribution in [0.25, 0.3) is 0 Å². The Morgan fingerprint density at radius 1 is 1.33 bits per heavy atom. The van der Waals surface area contributed by atoms with Crippen molar-refractivity contribution in [1.82, 2.24) is 4.31 Å². The molecule has 1 aromatic rings. The van der Waals surface area contributed by atoms with Crippen molar-refractivity contribution in [3.8, 4) is 5.75 Å². The summed E-state index contributed by atoms with van der Waals surface area (Å²) in [6, 6.07) is 6.22. The molecule has 6 nitrogen and oxygen atoms in total. The molecule has 0 aromatic heterocycles. The second kappa shape index (κ2) is 6.31. The molecule has 0 radical (unpaired) electrons. The third-order valence-corrected chi connectivity index (χ3v) is 5.07. The zero-order chi connectivity index (χ0) is 15.5. The lowest BCUT2D eigenvalue weighted by molar-refractivity contribution is -0.0640. The van der Waals surface area contributed by atoms with Crippen molar-refractivity contribution in [3.63, 3.8) is 0 Å². The van der Waals surface area contributed by atoms with Gasteiger partial charge in [0, 0.05) is 13.1 Å². The molecular formula is C14H21NO5S. The van der Waals surface area contributed by atoms with Crippen molar-refractivity contribution in [2.24, 2.45) is 0 Å². The van der Waals surface area contributed by atoms with Crippen molar-refractivity contribution in [2.75, 3.05) is 32.9 Å². The van der Waals surface area contributed by atoms with Crippen LogP contribution in [0.1, 0.15) is 13.8 Å². The van der Waals surface area contributed by atoms with E-state index < -0.39 is 15.6 Å². The molecule has 0 saturated carbocycles. The van der Waals surface area contributed by atoms with E-state index >= 15 is 0 Å². The molecule has 2 rings (SSSR count). The van der Waals surface area contributed by atoms with Gasteiger partial charge in [0.15, 0.2) is 0 Å². The van der Waals surface area contributed by atoms with Gasteiger partial charge in [0.1, 0.15) is 12.4 Å². The number of aliphatic hydroxyl groups is 1. The van der Waals surface area contributed by atoms with E-state index in [4.69, 9.17) is 14.6 Å². The van der Waals surface area contributed by atoms with Crippen LogP contribution in [0, 0.1) is 0 Å². The lowest BCUT2D eigenvalue weighted by atomic mass is 10.1. The van der Waals surface area contributed by atoms with Crippen LogP contribution < -0.4 is 4.74 Å². The molecule has 1 fully saturated rings. The van der Waals surface area contributed by atoms with E-state index in [1.807, 2.05) is 13.8 Å². The molecule has 1 aliphatic rings. The third-order valence-electron chi connectivity index (χ3n) is 3.21. The number of hydrogen-bond donors (Lipinski definition) is 1. The molecule has 0 unspecified atom stereocenters. The second-order valence-corrected chi connectivity index (χ2v) is 7.43. The average molecular weight is 315 g/mol. The van der Waals surface area contributed by atoms with Gasteiger partial charge in [-0.3, -0.25) is 0 Å². The van der Waals surface area contributed by atoms with Crippen molar-refractivity contribution >= 4 is 10.0 Å². The summed E-state index contributed by atoms with van der Waals surface area (Å²) in [5, 5.41) is 8.69. The van der Waals surface area contributed by atoms with Crippen LogP contribution in [-0.2, 0) is 14.8 Å². The van der Waals surface area contributed by atoms with Crippen molar-refractivity contribution in [2.45, 2.75) is 24.3 Å². The van der Waals surface area contributed by atoms with E-state index in [-0.39, 0.29) is 18.1 Å². The molecule has 1 aliphatic heterocycles. The van der Waals surface area contributed by atoms with Gasteiger partial charge in [0.2, 0.25) is 10.0 Å². The van der Waals surface area contributed by atoms with Crippen molar-refractivity contribution in [3.05, 3.63) is 24.3 Å². The van der Waals surface area contributed by atoms with E-state index in [1.54, 1.807) is 12.1 Å². The molecule has 0 amide bonds. The minimum Gasteiger partial charge on any atom is -0.491 e. The Bertz CT molecular complexity index is 568. The van der Waals surface area contributed by atoms with Gasteiger partial charge in [-0.15, -0.1) is 0 Å². The van der Waals surface area contributed by atoms with Crippen molar-refractivity contribution in [1.29, 1.82) is 0 Å². The fourth-order valence-corrected chi connectivity index (χ4v) is 3.77. The Morgan fingerprint density at radius 2 is 2.00 bits per heavy atom. The normalized spacial score (nSPS) is 19.4. The molecular weight excluding hydrogens is 294 g/mol. The predicted molar refractivity (Wildman–Crippen MR) is 77.8 cm³/mol. The zero-order valence-electron chi connectivity index (χ0n) is 12.3. The first-order valence-electron chi connectivity index (χ1n) is 6.83. The van der Waals surface area contributed by atoms with E-state index in [1.165, 1.54) is 16.4 Å². The van der Waals surface area contributed by atoms with Crippen LogP contribution in [-0.4, -0.2) is 56.3 Å². The largest absolute Gasteiger partial charge is 0.491 e. The lowest BCUT2D eigenvalue weighted by Crippen LogP contribution is -2.50. The Labute approximate surface area is 125 Å². The Morgan fingerprint density at radius 3 is 2.57 bits per heavy atom. The van der Waals surface area contributed by atoms with Crippen LogP contribution in [0.2, 0.25) is 0 Å². The van der Waals surface area contributed by atoms with Crippen LogP contribution in [0.4, 0.5) is 0 Å². The number of hydrogen-bond acceptors (Lipinski definition) is 5. The molecule has 118 valence electrons. The standard InChI is InChI=1S/C14H21NO5S/c1-14(2)11-15(7-9-20-14)21(17,18)13-5-3-12(4-6-13)19-10-8-16/h3-6,16H,7-11H2,1-2H3. The van der Waals surface area contributed by atoms with Crippen LogP contribution in [0.3, 0.4) is 0 Å². The van der Waals surface area contributed by atoms with Gasteiger partial charge in [-0.2, -0.15) is 4.31 Å². The summed E-state index contributed by atoms with van der Waals surface area (Å²) in [5.74, 6) is 0.533. The first-order valence-corrected chi connectivity index (χ1v) is 8.27. The summed E-state index contributed by atoms with van der Waals surface area (Å²) in [6.45, 7) is 4.93.